The van der Waals surface area contributed by atoms with Gasteiger partial charge in [0, 0.05) is 9.98 Å². The predicted molar refractivity (Wildman–Crippen MR) is 39.4 cm³/mol. The van der Waals surface area contributed by atoms with Crippen molar-refractivity contribution in [3.63, 3.8) is 0 Å². The highest BCUT2D eigenvalue weighted by atomic mass is 31.1. The third kappa shape index (κ3) is 1.48. The van der Waals surface area contributed by atoms with Gasteiger partial charge in [0.1, 0.15) is 0 Å². The molecule has 0 spiro atoms. The van der Waals surface area contributed by atoms with Crippen LogP contribution in [0.4, 0.5) is 0 Å². The van der Waals surface area contributed by atoms with E-state index < -0.39 is 7.81 Å². The fraction of sp³-hybridized carbons (Fsp3) is 0.667. The number of hydrogen-bond acceptors (Lipinski definition) is 2. The predicted octanol–water partition coefficient (Wildman–Crippen LogP) is 2.65. The average molecular weight is 160 g/mol. The summed E-state index contributed by atoms with van der Waals surface area (Å²) in [7, 11) is -1.66. The first-order valence-electron chi connectivity index (χ1n) is 3.12. The molecule has 1 N–H and O–H groups in total. The molecule has 0 aliphatic carbocycles. The Balaban J connectivity index is 3.07. The summed E-state index contributed by atoms with van der Waals surface area (Å²) in [4.78, 5) is 0. The monoisotopic (exact) mass is 160 g/mol. The third-order valence-corrected chi connectivity index (χ3v) is 1.92. The van der Waals surface area contributed by atoms with Gasteiger partial charge in [-0.05, 0) is 0 Å². The number of nitrogens with one attached hydrogen (secondary N) is 1. The molecule has 0 fully saturated rings. The molecule has 0 saturated heterocycles. The Morgan fingerprint density at radius 3 is 2.40 bits per heavy atom. The molecular formula is C6H11NO2P+. The van der Waals surface area contributed by atoms with Crippen molar-refractivity contribution in [1.29, 1.82) is 0 Å². The SMILES string of the molecule is CC(C)(C)c1c[nH][p+](=O)o1. The van der Waals surface area contributed by atoms with Crippen LogP contribution in [0.5, 0.6) is 0 Å². The second kappa shape index (κ2) is 2.24. The molecule has 1 aromatic heterocycles. The molecule has 0 radical (unpaired) electrons. The molecule has 1 unspecified atom stereocenters. The zero-order valence-electron chi connectivity index (χ0n) is 6.34. The number of rotatable bonds is 0. The van der Waals surface area contributed by atoms with E-state index in [1.54, 1.807) is 6.20 Å². The highest BCUT2D eigenvalue weighted by Crippen LogP contribution is 2.25. The summed E-state index contributed by atoms with van der Waals surface area (Å²) in [6, 6.07) is 0. The van der Waals surface area contributed by atoms with Crippen LogP contribution in [0.25, 0.3) is 0 Å². The van der Waals surface area contributed by atoms with Crippen LogP contribution in [0.3, 0.4) is 0 Å². The molecule has 1 rings (SSSR count). The van der Waals surface area contributed by atoms with Gasteiger partial charge in [0.2, 0.25) is 0 Å². The van der Waals surface area contributed by atoms with Gasteiger partial charge < -0.3 is 0 Å². The average Bonchev–Trinajstić information content (AvgIpc) is 2.11. The third-order valence-electron chi connectivity index (χ3n) is 1.22. The van der Waals surface area contributed by atoms with E-state index in [1.807, 2.05) is 20.8 Å². The molecule has 0 bridgehead atoms. The highest BCUT2D eigenvalue weighted by molar-refractivity contribution is 7.25. The molecule has 0 aromatic carbocycles. The van der Waals surface area contributed by atoms with E-state index in [4.69, 9.17) is 4.20 Å². The van der Waals surface area contributed by atoms with E-state index >= 15 is 0 Å². The van der Waals surface area contributed by atoms with Crippen molar-refractivity contribution in [1.82, 2.24) is 4.75 Å². The van der Waals surface area contributed by atoms with E-state index in [1.165, 1.54) is 0 Å². The van der Waals surface area contributed by atoms with E-state index in [0.29, 0.717) is 0 Å². The Kier molecular flexibility index (Phi) is 1.69. The van der Waals surface area contributed by atoms with Crippen LogP contribution in [0.1, 0.15) is 26.5 Å². The zero-order chi connectivity index (χ0) is 7.78. The van der Waals surface area contributed by atoms with E-state index in [9.17, 15) is 4.57 Å². The second-order valence-corrected chi connectivity index (χ2v) is 4.19. The van der Waals surface area contributed by atoms with Crippen LogP contribution in [-0.4, -0.2) is 4.75 Å². The van der Waals surface area contributed by atoms with Crippen molar-refractivity contribution >= 4 is 7.81 Å². The maximum absolute atomic E-state index is 10.7. The van der Waals surface area contributed by atoms with Crippen LogP contribution < -0.4 is 0 Å². The van der Waals surface area contributed by atoms with Crippen molar-refractivity contribution in [3.8, 4) is 0 Å². The van der Waals surface area contributed by atoms with Gasteiger partial charge in [0.05, 0.1) is 6.20 Å². The number of aromatic amines is 1. The molecule has 1 heterocycles. The largest absolute Gasteiger partial charge is 0.693 e. The second-order valence-electron chi connectivity index (χ2n) is 3.24. The van der Waals surface area contributed by atoms with Crippen molar-refractivity contribution in [2.24, 2.45) is 0 Å². The summed E-state index contributed by atoms with van der Waals surface area (Å²) < 4.78 is 18.2. The van der Waals surface area contributed by atoms with Gasteiger partial charge in [-0.2, -0.15) is 0 Å². The molecular weight excluding hydrogens is 149 g/mol. The first kappa shape index (κ1) is 7.55. The summed E-state index contributed by atoms with van der Waals surface area (Å²) in [5, 5.41) is 0. The van der Waals surface area contributed by atoms with Gasteiger partial charge in [-0.25, -0.2) is 4.20 Å². The number of hydrogen-bond donors (Lipinski definition) is 1. The van der Waals surface area contributed by atoms with Crippen molar-refractivity contribution < 1.29 is 8.76 Å². The Bertz CT molecular complexity index is 268. The molecule has 0 saturated carbocycles. The summed E-state index contributed by atoms with van der Waals surface area (Å²) in [6.07, 6.45) is 1.67. The topological polar surface area (TPSA) is 46.0 Å². The van der Waals surface area contributed by atoms with E-state index in [2.05, 4.69) is 4.75 Å². The van der Waals surface area contributed by atoms with Crippen LogP contribution in [-0.2, 0) is 9.98 Å². The van der Waals surface area contributed by atoms with Gasteiger partial charge in [0.25, 0.3) is 0 Å². The van der Waals surface area contributed by atoms with Crippen LogP contribution in [0.2, 0.25) is 0 Å². The molecule has 56 valence electrons. The smallest absolute Gasteiger partial charge is 0.237 e. The quantitative estimate of drug-likeness (QED) is 0.634. The first-order valence-corrected chi connectivity index (χ1v) is 4.30. The fourth-order valence-corrected chi connectivity index (χ4v) is 1.39. The minimum Gasteiger partial charge on any atom is -0.237 e. The lowest BCUT2D eigenvalue weighted by molar-refractivity contribution is 0.442. The van der Waals surface area contributed by atoms with Crippen LogP contribution in [0, 0.1) is 0 Å². The summed E-state index contributed by atoms with van der Waals surface area (Å²) in [5.41, 5.74) is -0.0471. The molecule has 0 aliphatic rings. The Morgan fingerprint density at radius 1 is 1.60 bits per heavy atom. The summed E-state index contributed by atoms with van der Waals surface area (Å²) in [5.74, 6) is 0.758. The number of aromatic nitrogens is 1. The van der Waals surface area contributed by atoms with Gasteiger partial charge >= 0.3 is 7.81 Å². The number of H-pyrrole nitrogens is 1. The van der Waals surface area contributed by atoms with Crippen LogP contribution >= 0.6 is 7.81 Å². The molecule has 1 aromatic rings. The summed E-state index contributed by atoms with van der Waals surface area (Å²) in [6.45, 7) is 6.03. The normalized spacial score (nSPS) is 13.7. The van der Waals surface area contributed by atoms with Crippen LogP contribution in [0.15, 0.2) is 10.4 Å². The van der Waals surface area contributed by atoms with Crippen molar-refractivity contribution in [3.05, 3.63) is 12.0 Å². The summed E-state index contributed by atoms with van der Waals surface area (Å²) >= 11 is 0. The Morgan fingerprint density at radius 2 is 2.20 bits per heavy atom. The zero-order valence-corrected chi connectivity index (χ0v) is 7.24. The highest BCUT2D eigenvalue weighted by Gasteiger charge is 2.22. The molecule has 0 aliphatic heterocycles. The minimum atomic E-state index is -1.66. The lowest BCUT2D eigenvalue weighted by Gasteiger charge is -2.09. The van der Waals surface area contributed by atoms with Gasteiger partial charge in [-0.3, -0.25) is 0 Å². The maximum Gasteiger partial charge on any atom is 0.693 e. The van der Waals surface area contributed by atoms with Gasteiger partial charge in [0.15, 0.2) is 5.76 Å². The minimum absolute atomic E-state index is 0.0471. The Hall–Kier alpha value is -0.560. The molecule has 10 heavy (non-hydrogen) atoms. The Labute approximate surface area is 60.3 Å². The fourth-order valence-electron chi connectivity index (χ4n) is 0.607. The first-order chi connectivity index (χ1) is 4.50. The maximum atomic E-state index is 10.7. The standard InChI is InChI=1S/C6H11NO2P/c1-6(2,3)5-4-7-10(8)9-5/h4H,1-3H3,(H,7,8)/q+1. The van der Waals surface area contributed by atoms with Crippen molar-refractivity contribution in [2.75, 3.05) is 0 Å². The van der Waals surface area contributed by atoms with E-state index in [0.717, 1.165) is 5.76 Å². The van der Waals surface area contributed by atoms with E-state index in [-0.39, 0.29) is 5.41 Å². The molecule has 3 nitrogen and oxygen atoms in total. The molecule has 1 atom stereocenters. The van der Waals surface area contributed by atoms with Crippen molar-refractivity contribution in [2.45, 2.75) is 26.2 Å². The lowest BCUT2D eigenvalue weighted by atomic mass is 9.94. The van der Waals surface area contributed by atoms with Gasteiger partial charge in [-0.15, -0.1) is 4.75 Å². The molecule has 4 heteroatoms. The molecule has 0 amide bonds. The van der Waals surface area contributed by atoms with Gasteiger partial charge in [-0.1, -0.05) is 20.8 Å². The lowest BCUT2D eigenvalue weighted by Crippen LogP contribution is -2.08.